The van der Waals surface area contributed by atoms with E-state index in [0.717, 1.165) is 18.4 Å². The molecule has 1 nitrogen and oxygen atoms in total. The molecule has 1 aromatic carbocycles. The first-order valence-corrected chi connectivity index (χ1v) is 7.68. The maximum absolute atomic E-state index is 11.2. The molecule has 0 bridgehead atoms. The third-order valence-corrected chi connectivity index (χ3v) is 5.48. The second-order valence-electron chi connectivity index (χ2n) is 5.86. The van der Waals surface area contributed by atoms with E-state index in [1.54, 1.807) is 11.3 Å². The van der Waals surface area contributed by atoms with E-state index in [-0.39, 0.29) is 0 Å². The lowest BCUT2D eigenvalue weighted by Crippen LogP contribution is -2.39. The number of thiophene rings is 1. The quantitative estimate of drug-likeness (QED) is 0.798. The lowest BCUT2D eigenvalue weighted by molar-refractivity contribution is -0.0614. The maximum Gasteiger partial charge on any atom is 0.0938 e. The van der Waals surface area contributed by atoms with Crippen LogP contribution in [0.5, 0.6) is 0 Å². The molecule has 0 amide bonds. The molecule has 1 aromatic heterocycles. The molecule has 0 aliphatic heterocycles. The number of aliphatic hydroxyl groups is 1. The minimum absolute atomic E-state index is 0.349. The Morgan fingerprint density at radius 2 is 2.06 bits per heavy atom. The van der Waals surface area contributed by atoms with Gasteiger partial charge in [-0.3, -0.25) is 0 Å². The summed E-state index contributed by atoms with van der Waals surface area (Å²) in [6, 6.07) is 8.47. The summed E-state index contributed by atoms with van der Waals surface area (Å²) in [5.41, 5.74) is 0.510. The van der Waals surface area contributed by atoms with Crippen LogP contribution in [0.1, 0.15) is 38.7 Å². The molecule has 0 spiro atoms. The molecule has 3 unspecified atom stereocenters. The van der Waals surface area contributed by atoms with Crippen LogP contribution in [0.3, 0.4) is 0 Å². The van der Waals surface area contributed by atoms with Gasteiger partial charge in [0.15, 0.2) is 0 Å². The molecule has 0 radical (unpaired) electrons. The molecular weight excluding hydrogens is 240 g/mol. The average molecular weight is 260 g/mol. The second-order valence-corrected chi connectivity index (χ2v) is 6.77. The van der Waals surface area contributed by atoms with Gasteiger partial charge in [0.1, 0.15) is 0 Å². The first-order chi connectivity index (χ1) is 8.61. The van der Waals surface area contributed by atoms with Crippen LogP contribution in [0.2, 0.25) is 0 Å². The van der Waals surface area contributed by atoms with Crippen molar-refractivity contribution >= 4 is 21.4 Å². The lowest BCUT2D eigenvalue weighted by atomic mass is 9.69. The van der Waals surface area contributed by atoms with E-state index in [1.807, 2.05) is 0 Å². The predicted molar refractivity (Wildman–Crippen MR) is 77.9 cm³/mol. The van der Waals surface area contributed by atoms with Crippen molar-refractivity contribution in [2.45, 2.75) is 38.7 Å². The Morgan fingerprint density at radius 3 is 2.89 bits per heavy atom. The van der Waals surface area contributed by atoms with Crippen LogP contribution >= 0.6 is 11.3 Å². The molecule has 96 valence electrons. The zero-order valence-electron chi connectivity index (χ0n) is 11.0. The number of hydrogen-bond donors (Lipinski definition) is 1. The fourth-order valence-electron chi connectivity index (χ4n) is 3.32. The van der Waals surface area contributed by atoms with Crippen LogP contribution in [0.4, 0.5) is 0 Å². The first-order valence-electron chi connectivity index (χ1n) is 6.80. The Hall–Kier alpha value is -0.860. The summed E-state index contributed by atoms with van der Waals surface area (Å²) < 4.78 is 1.26. The van der Waals surface area contributed by atoms with E-state index < -0.39 is 5.60 Å². The summed E-state index contributed by atoms with van der Waals surface area (Å²) >= 11 is 1.75. The van der Waals surface area contributed by atoms with Crippen molar-refractivity contribution < 1.29 is 5.11 Å². The summed E-state index contributed by atoms with van der Waals surface area (Å²) in [7, 11) is 0. The zero-order valence-corrected chi connectivity index (χ0v) is 11.8. The van der Waals surface area contributed by atoms with Crippen molar-refractivity contribution in [2.75, 3.05) is 0 Å². The van der Waals surface area contributed by atoms with Gasteiger partial charge in [0.2, 0.25) is 0 Å². The normalized spacial score (nSPS) is 32.8. The van der Waals surface area contributed by atoms with Gasteiger partial charge in [0.05, 0.1) is 5.60 Å². The van der Waals surface area contributed by atoms with E-state index in [0.29, 0.717) is 11.8 Å². The molecule has 0 saturated heterocycles. The minimum atomic E-state index is -0.637. The Bertz CT molecular complexity index is 559. The van der Waals surface area contributed by atoms with Crippen LogP contribution in [-0.4, -0.2) is 5.11 Å². The highest BCUT2D eigenvalue weighted by Crippen LogP contribution is 2.46. The van der Waals surface area contributed by atoms with Gasteiger partial charge in [0.25, 0.3) is 0 Å². The van der Waals surface area contributed by atoms with Crippen molar-refractivity contribution in [2.24, 2.45) is 11.8 Å². The van der Waals surface area contributed by atoms with Gasteiger partial charge in [-0.2, -0.15) is 0 Å². The second kappa shape index (κ2) is 4.36. The largest absolute Gasteiger partial charge is 0.385 e. The highest BCUT2D eigenvalue weighted by molar-refractivity contribution is 7.17. The van der Waals surface area contributed by atoms with Crippen LogP contribution in [0, 0.1) is 11.8 Å². The fraction of sp³-hybridized carbons (Fsp3) is 0.500. The molecular formula is C16H20OS. The summed E-state index contributed by atoms with van der Waals surface area (Å²) in [6.07, 6.45) is 3.26. The molecule has 2 heteroatoms. The van der Waals surface area contributed by atoms with E-state index in [2.05, 4.69) is 43.5 Å². The fourth-order valence-corrected chi connectivity index (χ4v) is 4.31. The van der Waals surface area contributed by atoms with Gasteiger partial charge in [-0.25, -0.2) is 0 Å². The number of hydrogen-bond acceptors (Lipinski definition) is 2. The summed E-state index contributed by atoms with van der Waals surface area (Å²) in [6.45, 7) is 4.45. The van der Waals surface area contributed by atoms with E-state index in [1.165, 1.54) is 16.5 Å². The highest BCUT2D eigenvalue weighted by atomic mass is 32.1. The van der Waals surface area contributed by atoms with Crippen LogP contribution in [0.25, 0.3) is 10.1 Å². The Kier molecular flexibility index (Phi) is 2.95. The Morgan fingerprint density at radius 1 is 1.22 bits per heavy atom. The molecule has 18 heavy (non-hydrogen) atoms. The Labute approximate surface area is 112 Å². The summed E-state index contributed by atoms with van der Waals surface area (Å²) in [5, 5.41) is 14.6. The maximum atomic E-state index is 11.2. The first kappa shape index (κ1) is 12.2. The van der Waals surface area contributed by atoms with Crippen molar-refractivity contribution in [3.05, 3.63) is 35.2 Å². The van der Waals surface area contributed by atoms with E-state index >= 15 is 0 Å². The number of fused-ring (bicyclic) bond motifs is 1. The summed E-state index contributed by atoms with van der Waals surface area (Å²) in [5.74, 6) is 0.961. The SMILES string of the molecule is CC1CCC(C)C(O)(c2cccc3ccsc23)C1. The molecule has 1 aliphatic rings. The molecule has 3 rings (SSSR count). The minimum Gasteiger partial charge on any atom is -0.385 e. The van der Waals surface area contributed by atoms with Gasteiger partial charge < -0.3 is 5.11 Å². The van der Waals surface area contributed by atoms with Crippen molar-refractivity contribution in [3.63, 3.8) is 0 Å². The van der Waals surface area contributed by atoms with Crippen LogP contribution < -0.4 is 0 Å². The van der Waals surface area contributed by atoms with E-state index in [4.69, 9.17) is 0 Å². The Balaban J connectivity index is 2.14. The third kappa shape index (κ3) is 1.79. The van der Waals surface area contributed by atoms with Crippen molar-refractivity contribution in [1.82, 2.24) is 0 Å². The molecule has 1 heterocycles. The highest BCUT2D eigenvalue weighted by Gasteiger charge is 2.41. The molecule has 1 N–H and O–H groups in total. The number of benzene rings is 1. The number of rotatable bonds is 1. The molecule has 2 aromatic rings. The summed E-state index contributed by atoms with van der Waals surface area (Å²) in [4.78, 5) is 0. The van der Waals surface area contributed by atoms with Gasteiger partial charge >= 0.3 is 0 Å². The molecule has 1 fully saturated rings. The van der Waals surface area contributed by atoms with Gasteiger partial charge in [-0.1, -0.05) is 38.5 Å². The lowest BCUT2D eigenvalue weighted by Gasteiger charge is -2.41. The van der Waals surface area contributed by atoms with E-state index in [9.17, 15) is 5.11 Å². The molecule has 3 atom stereocenters. The monoisotopic (exact) mass is 260 g/mol. The average Bonchev–Trinajstić information content (AvgIpc) is 2.82. The van der Waals surface area contributed by atoms with Crippen molar-refractivity contribution in [3.8, 4) is 0 Å². The zero-order chi connectivity index (χ0) is 12.8. The van der Waals surface area contributed by atoms with Gasteiger partial charge in [-0.05, 0) is 41.5 Å². The smallest absolute Gasteiger partial charge is 0.0938 e. The molecule has 1 aliphatic carbocycles. The van der Waals surface area contributed by atoms with Gasteiger partial charge in [-0.15, -0.1) is 11.3 Å². The third-order valence-electron chi connectivity index (χ3n) is 4.51. The standard InChI is InChI=1S/C16H20OS/c1-11-6-7-12(2)16(17,10-11)14-5-3-4-13-8-9-18-15(13)14/h3-5,8-9,11-12,17H,6-7,10H2,1-2H3. The predicted octanol–water partition coefficient (Wildman–Crippen LogP) is 4.55. The van der Waals surface area contributed by atoms with Gasteiger partial charge in [0, 0.05) is 10.3 Å². The topological polar surface area (TPSA) is 20.2 Å². The molecule has 1 saturated carbocycles. The van der Waals surface area contributed by atoms with Crippen LogP contribution in [0.15, 0.2) is 29.6 Å². The van der Waals surface area contributed by atoms with Crippen LogP contribution in [-0.2, 0) is 5.60 Å². The van der Waals surface area contributed by atoms with Crippen molar-refractivity contribution in [1.29, 1.82) is 0 Å².